The number of hydrogen-bond donors (Lipinski definition) is 1. The van der Waals surface area contributed by atoms with Gasteiger partial charge in [-0.15, -0.1) is 0 Å². The number of halogens is 1. The summed E-state index contributed by atoms with van der Waals surface area (Å²) in [5.41, 5.74) is 7.22. The zero-order chi connectivity index (χ0) is 13.1. The maximum atomic E-state index is 6.30. The molecule has 1 aromatic heterocycles. The van der Waals surface area contributed by atoms with E-state index < -0.39 is 0 Å². The second kappa shape index (κ2) is 5.54. The summed E-state index contributed by atoms with van der Waals surface area (Å²) in [4.78, 5) is 4.34. The molecule has 1 atom stereocenters. The van der Waals surface area contributed by atoms with Crippen molar-refractivity contribution >= 4 is 15.9 Å². The molecule has 0 fully saturated rings. The summed E-state index contributed by atoms with van der Waals surface area (Å²) in [5, 5.41) is 0. The molecule has 2 rings (SSSR count). The first kappa shape index (κ1) is 13.1. The number of aryl methyl sites for hydroxylation is 1. The van der Waals surface area contributed by atoms with Crippen LogP contribution >= 0.6 is 15.9 Å². The van der Waals surface area contributed by atoms with Gasteiger partial charge in [-0.05, 0) is 25.1 Å². The highest BCUT2D eigenvalue weighted by molar-refractivity contribution is 9.10. The highest BCUT2D eigenvalue weighted by Gasteiger charge is 2.18. The van der Waals surface area contributed by atoms with Crippen molar-refractivity contribution in [3.63, 3.8) is 0 Å². The van der Waals surface area contributed by atoms with Crippen LogP contribution in [0.15, 0.2) is 35.1 Å². The van der Waals surface area contributed by atoms with Crippen molar-refractivity contribution in [1.82, 2.24) is 9.55 Å². The fourth-order valence-corrected chi connectivity index (χ4v) is 2.33. The largest absolute Gasteiger partial charge is 0.496 e. The fourth-order valence-electron chi connectivity index (χ4n) is 1.95. The Morgan fingerprint density at radius 1 is 1.50 bits per heavy atom. The lowest BCUT2D eigenvalue weighted by Gasteiger charge is -2.16. The van der Waals surface area contributed by atoms with Crippen molar-refractivity contribution in [1.29, 1.82) is 0 Å². The SMILES string of the molecule is CCn1ccnc1C(N)c1cc(Br)ccc1OC. The van der Waals surface area contributed by atoms with Crippen molar-refractivity contribution in [2.45, 2.75) is 19.5 Å². The van der Waals surface area contributed by atoms with Gasteiger partial charge in [-0.2, -0.15) is 0 Å². The van der Waals surface area contributed by atoms with Gasteiger partial charge in [0.25, 0.3) is 0 Å². The van der Waals surface area contributed by atoms with Gasteiger partial charge in [-0.25, -0.2) is 4.98 Å². The molecule has 0 saturated heterocycles. The Labute approximate surface area is 115 Å². The molecule has 0 aliphatic carbocycles. The topological polar surface area (TPSA) is 53.1 Å². The van der Waals surface area contributed by atoms with Crippen LogP contribution in [0.2, 0.25) is 0 Å². The first-order chi connectivity index (χ1) is 8.67. The van der Waals surface area contributed by atoms with Gasteiger partial charge in [-0.1, -0.05) is 15.9 Å². The summed E-state index contributed by atoms with van der Waals surface area (Å²) in [6, 6.07) is 5.50. The minimum Gasteiger partial charge on any atom is -0.496 e. The molecule has 1 heterocycles. The number of rotatable bonds is 4. The number of imidazole rings is 1. The van der Waals surface area contributed by atoms with Crippen LogP contribution in [0.3, 0.4) is 0 Å². The monoisotopic (exact) mass is 309 g/mol. The number of benzene rings is 1. The molecule has 18 heavy (non-hydrogen) atoms. The Morgan fingerprint density at radius 3 is 2.94 bits per heavy atom. The molecule has 0 bridgehead atoms. The molecular weight excluding hydrogens is 294 g/mol. The fraction of sp³-hybridized carbons (Fsp3) is 0.308. The quantitative estimate of drug-likeness (QED) is 0.944. The second-order valence-corrected chi connectivity index (χ2v) is 4.85. The zero-order valence-electron chi connectivity index (χ0n) is 10.4. The van der Waals surface area contributed by atoms with E-state index in [0.717, 1.165) is 28.2 Å². The van der Waals surface area contributed by atoms with Gasteiger partial charge in [0.1, 0.15) is 11.6 Å². The predicted molar refractivity (Wildman–Crippen MR) is 74.6 cm³/mol. The zero-order valence-corrected chi connectivity index (χ0v) is 12.0. The van der Waals surface area contributed by atoms with Crippen LogP contribution in [0, 0.1) is 0 Å². The van der Waals surface area contributed by atoms with Gasteiger partial charge < -0.3 is 15.0 Å². The lowest BCUT2D eigenvalue weighted by Crippen LogP contribution is -2.18. The summed E-state index contributed by atoms with van der Waals surface area (Å²) in [5.74, 6) is 1.62. The molecule has 0 radical (unpaired) electrons. The molecule has 2 N–H and O–H groups in total. The van der Waals surface area contributed by atoms with E-state index >= 15 is 0 Å². The van der Waals surface area contributed by atoms with E-state index in [2.05, 4.69) is 27.8 Å². The van der Waals surface area contributed by atoms with E-state index in [1.807, 2.05) is 29.0 Å². The lowest BCUT2D eigenvalue weighted by molar-refractivity contribution is 0.406. The Bertz CT molecular complexity index is 539. The molecule has 1 unspecified atom stereocenters. The van der Waals surface area contributed by atoms with Crippen LogP contribution < -0.4 is 10.5 Å². The van der Waals surface area contributed by atoms with Gasteiger partial charge in [-0.3, -0.25) is 0 Å². The smallest absolute Gasteiger partial charge is 0.130 e. The van der Waals surface area contributed by atoms with Crippen LogP contribution in [0.4, 0.5) is 0 Å². The maximum absolute atomic E-state index is 6.30. The van der Waals surface area contributed by atoms with E-state index in [9.17, 15) is 0 Å². The number of aromatic nitrogens is 2. The van der Waals surface area contributed by atoms with Crippen LogP contribution in [0.25, 0.3) is 0 Å². The number of nitrogens with zero attached hydrogens (tertiary/aromatic N) is 2. The van der Waals surface area contributed by atoms with Gasteiger partial charge in [0.05, 0.1) is 13.2 Å². The Kier molecular flexibility index (Phi) is 4.04. The highest BCUT2D eigenvalue weighted by atomic mass is 79.9. The summed E-state index contributed by atoms with van der Waals surface area (Å²) < 4.78 is 8.36. The summed E-state index contributed by atoms with van der Waals surface area (Å²) >= 11 is 3.45. The molecule has 4 nitrogen and oxygen atoms in total. The minimum absolute atomic E-state index is 0.299. The molecule has 0 aliphatic rings. The molecule has 5 heteroatoms. The van der Waals surface area contributed by atoms with Crippen molar-refractivity contribution in [2.75, 3.05) is 7.11 Å². The van der Waals surface area contributed by atoms with E-state index in [4.69, 9.17) is 10.5 Å². The molecule has 0 saturated carbocycles. The Morgan fingerprint density at radius 2 is 2.28 bits per heavy atom. The molecule has 0 aliphatic heterocycles. The van der Waals surface area contributed by atoms with Crippen LogP contribution in [0.1, 0.15) is 24.4 Å². The van der Waals surface area contributed by atoms with E-state index in [-0.39, 0.29) is 6.04 Å². The first-order valence-electron chi connectivity index (χ1n) is 5.77. The average Bonchev–Trinajstić information content (AvgIpc) is 2.86. The molecule has 0 amide bonds. The van der Waals surface area contributed by atoms with Gasteiger partial charge >= 0.3 is 0 Å². The normalized spacial score (nSPS) is 12.4. The molecule has 96 valence electrons. The van der Waals surface area contributed by atoms with E-state index in [1.165, 1.54) is 0 Å². The Hall–Kier alpha value is -1.33. The van der Waals surface area contributed by atoms with E-state index in [1.54, 1.807) is 13.3 Å². The first-order valence-corrected chi connectivity index (χ1v) is 6.56. The summed E-state index contributed by atoms with van der Waals surface area (Å²) in [7, 11) is 1.64. The lowest BCUT2D eigenvalue weighted by atomic mass is 10.1. The average molecular weight is 310 g/mol. The van der Waals surface area contributed by atoms with Crippen molar-refractivity contribution in [3.05, 3.63) is 46.5 Å². The van der Waals surface area contributed by atoms with Crippen LogP contribution in [-0.2, 0) is 6.54 Å². The standard InChI is InChI=1S/C13H16BrN3O/c1-3-17-7-6-16-13(17)12(15)10-8-9(14)4-5-11(10)18-2/h4-8,12H,3,15H2,1-2H3. The molecular formula is C13H16BrN3O. The van der Waals surface area contributed by atoms with Gasteiger partial charge in [0.2, 0.25) is 0 Å². The predicted octanol–water partition coefficient (Wildman–Crippen LogP) is 2.72. The molecule has 0 spiro atoms. The number of nitrogens with two attached hydrogens (primary N) is 1. The van der Waals surface area contributed by atoms with Crippen molar-refractivity contribution in [3.8, 4) is 5.75 Å². The van der Waals surface area contributed by atoms with E-state index in [0.29, 0.717) is 0 Å². The number of methoxy groups -OCH3 is 1. The summed E-state index contributed by atoms with van der Waals surface area (Å²) in [6.07, 6.45) is 3.70. The maximum Gasteiger partial charge on any atom is 0.130 e. The summed E-state index contributed by atoms with van der Waals surface area (Å²) in [6.45, 7) is 2.91. The van der Waals surface area contributed by atoms with Crippen LogP contribution in [0.5, 0.6) is 5.75 Å². The van der Waals surface area contributed by atoms with Gasteiger partial charge in [0, 0.05) is 29.0 Å². The van der Waals surface area contributed by atoms with Crippen molar-refractivity contribution in [2.24, 2.45) is 5.73 Å². The third-order valence-corrected chi connectivity index (χ3v) is 3.39. The Balaban J connectivity index is 2.45. The van der Waals surface area contributed by atoms with Gasteiger partial charge in [0.15, 0.2) is 0 Å². The minimum atomic E-state index is -0.299. The number of hydrogen-bond acceptors (Lipinski definition) is 3. The molecule has 1 aromatic carbocycles. The highest BCUT2D eigenvalue weighted by Crippen LogP contribution is 2.30. The third kappa shape index (κ3) is 2.42. The third-order valence-electron chi connectivity index (χ3n) is 2.89. The molecule has 2 aromatic rings. The number of ether oxygens (including phenoxy) is 1. The van der Waals surface area contributed by atoms with Crippen LogP contribution in [-0.4, -0.2) is 16.7 Å². The second-order valence-electron chi connectivity index (χ2n) is 3.94. The van der Waals surface area contributed by atoms with Crippen molar-refractivity contribution < 1.29 is 4.74 Å².